The Morgan fingerprint density at radius 3 is 2.76 bits per heavy atom. The molecule has 0 bridgehead atoms. The fraction of sp³-hybridized carbons (Fsp3) is 0.316. The molecule has 1 N–H and O–H groups in total. The van der Waals surface area contributed by atoms with E-state index in [4.69, 9.17) is 4.74 Å². The Hall–Kier alpha value is -2.89. The summed E-state index contributed by atoms with van der Waals surface area (Å²) in [5.41, 5.74) is 1.72. The van der Waals surface area contributed by atoms with Crippen LogP contribution < -0.4 is 15.0 Å². The number of methoxy groups -OCH3 is 1. The number of carbonyl (C=O) groups is 2. The zero-order valence-corrected chi connectivity index (χ0v) is 14.1. The van der Waals surface area contributed by atoms with Gasteiger partial charge in [0.15, 0.2) is 0 Å². The lowest BCUT2D eigenvalue weighted by Crippen LogP contribution is -2.34. The van der Waals surface area contributed by atoms with Gasteiger partial charge in [-0.3, -0.25) is 14.6 Å². The number of aromatic nitrogens is 1. The molecule has 0 saturated carbocycles. The van der Waals surface area contributed by atoms with Crippen LogP contribution in [-0.4, -0.2) is 37.0 Å². The standard InChI is InChI=1S/C19H21N3O3/c1-25-17-7-5-16(6-8-17)22-13-14(12-18(22)23)19(24)21-11-9-15-4-2-3-10-20-15/h2-8,10,14H,9,11-13H2,1H3,(H,21,24). The summed E-state index contributed by atoms with van der Waals surface area (Å²) in [6, 6.07) is 13.0. The van der Waals surface area contributed by atoms with Crippen molar-refractivity contribution < 1.29 is 14.3 Å². The van der Waals surface area contributed by atoms with Crippen molar-refractivity contribution in [2.75, 3.05) is 25.1 Å². The first-order chi connectivity index (χ1) is 12.2. The van der Waals surface area contributed by atoms with Crippen molar-refractivity contribution in [3.8, 4) is 5.75 Å². The second kappa shape index (κ2) is 7.79. The molecule has 6 nitrogen and oxygen atoms in total. The number of anilines is 1. The zero-order chi connectivity index (χ0) is 17.6. The van der Waals surface area contributed by atoms with Gasteiger partial charge in [-0.15, -0.1) is 0 Å². The Labute approximate surface area is 146 Å². The molecule has 3 rings (SSSR count). The second-order valence-corrected chi connectivity index (χ2v) is 5.97. The van der Waals surface area contributed by atoms with E-state index in [0.29, 0.717) is 19.5 Å². The van der Waals surface area contributed by atoms with Gasteiger partial charge < -0.3 is 15.0 Å². The highest BCUT2D eigenvalue weighted by Crippen LogP contribution is 2.26. The Morgan fingerprint density at radius 2 is 2.08 bits per heavy atom. The Kier molecular flexibility index (Phi) is 5.28. The zero-order valence-electron chi connectivity index (χ0n) is 14.1. The number of pyridine rings is 1. The van der Waals surface area contributed by atoms with E-state index in [-0.39, 0.29) is 24.2 Å². The van der Waals surface area contributed by atoms with Crippen LogP contribution in [0.3, 0.4) is 0 Å². The molecule has 1 aromatic carbocycles. The first-order valence-corrected chi connectivity index (χ1v) is 8.29. The molecule has 2 aromatic rings. The molecule has 1 aliphatic rings. The minimum Gasteiger partial charge on any atom is -0.497 e. The fourth-order valence-electron chi connectivity index (χ4n) is 2.90. The predicted molar refractivity (Wildman–Crippen MR) is 94.4 cm³/mol. The van der Waals surface area contributed by atoms with Crippen LogP contribution in [0.4, 0.5) is 5.69 Å². The van der Waals surface area contributed by atoms with Crippen LogP contribution in [0, 0.1) is 5.92 Å². The van der Waals surface area contributed by atoms with Crippen LogP contribution in [-0.2, 0) is 16.0 Å². The van der Waals surface area contributed by atoms with Crippen LogP contribution in [0.2, 0.25) is 0 Å². The van der Waals surface area contributed by atoms with Gasteiger partial charge in [0.05, 0.1) is 13.0 Å². The number of ether oxygens (including phenoxy) is 1. The summed E-state index contributed by atoms with van der Waals surface area (Å²) in [4.78, 5) is 30.5. The molecule has 25 heavy (non-hydrogen) atoms. The topological polar surface area (TPSA) is 71.5 Å². The van der Waals surface area contributed by atoms with Gasteiger partial charge in [0.2, 0.25) is 11.8 Å². The maximum absolute atomic E-state index is 12.3. The lowest BCUT2D eigenvalue weighted by molar-refractivity contribution is -0.126. The number of amides is 2. The van der Waals surface area contributed by atoms with Crippen LogP contribution in [0.1, 0.15) is 12.1 Å². The molecule has 0 spiro atoms. The van der Waals surface area contributed by atoms with Crippen molar-refractivity contribution >= 4 is 17.5 Å². The average molecular weight is 339 g/mol. The van der Waals surface area contributed by atoms with Gasteiger partial charge in [0, 0.05) is 43.5 Å². The SMILES string of the molecule is COc1ccc(N2CC(C(=O)NCCc3ccccn3)CC2=O)cc1. The van der Waals surface area contributed by atoms with Gasteiger partial charge in [0.25, 0.3) is 0 Å². The van der Waals surface area contributed by atoms with Crippen molar-refractivity contribution in [2.45, 2.75) is 12.8 Å². The van der Waals surface area contributed by atoms with Gasteiger partial charge >= 0.3 is 0 Å². The van der Waals surface area contributed by atoms with E-state index in [1.165, 1.54) is 0 Å². The van der Waals surface area contributed by atoms with E-state index in [0.717, 1.165) is 17.1 Å². The molecule has 1 fully saturated rings. The van der Waals surface area contributed by atoms with Gasteiger partial charge in [-0.1, -0.05) is 6.07 Å². The van der Waals surface area contributed by atoms with Gasteiger partial charge in [0.1, 0.15) is 5.75 Å². The van der Waals surface area contributed by atoms with Crippen molar-refractivity contribution in [1.29, 1.82) is 0 Å². The van der Waals surface area contributed by atoms with Gasteiger partial charge in [-0.25, -0.2) is 0 Å². The van der Waals surface area contributed by atoms with E-state index in [1.807, 2.05) is 42.5 Å². The Balaban J connectivity index is 1.53. The van der Waals surface area contributed by atoms with Crippen LogP contribution in [0.5, 0.6) is 5.75 Å². The van der Waals surface area contributed by atoms with E-state index in [1.54, 1.807) is 18.2 Å². The maximum atomic E-state index is 12.3. The molecular weight excluding hydrogens is 318 g/mol. The lowest BCUT2D eigenvalue weighted by Gasteiger charge is -2.17. The molecule has 130 valence electrons. The summed E-state index contributed by atoms with van der Waals surface area (Å²) < 4.78 is 5.13. The molecule has 0 aliphatic carbocycles. The number of nitrogens with one attached hydrogen (secondary N) is 1. The minimum atomic E-state index is -0.321. The minimum absolute atomic E-state index is 0.0324. The first kappa shape index (κ1) is 17.0. The van der Waals surface area contributed by atoms with Gasteiger partial charge in [-0.05, 0) is 36.4 Å². The predicted octanol–water partition coefficient (Wildman–Crippen LogP) is 1.80. The van der Waals surface area contributed by atoms with E-state index in [2.05, 4.69) is 10.3 Å². The smallest absolute Gasteiger partial charge is 0.227 e. The average Bonchev–Trinajstić information content (AvgIpc) is 3.04. The summed E-state index contributed by atoms with van der Waals surface area (Å²) in [6.45, 7) is 0.920. The molecule has 1 unspecified atom stereocenters. The third-order valence-electron chi connectivity index (χ3n) is 4.29. The van der Waals surface area contributed by atoms with Crippen LogP contribution >= 0.6 is 0 Å². The van der Waals surface area contributed by atoms with Crippen LogP contribution in [0.25, 0.3) is 0 Å². The Bertz CT molecular complexity index is 731. The third-order valence-corrected chi connectivity index (χ3v) is 4.29. The second-order valence-electron chi connectivity index (χ2n) is 5.97. The molecular formula is C19H21N3O3. The molecule has 1 aliphatic heterocycles. The van der Waals surface area contributed by atoms with E-state index >= 15 is 0 Å². The normalized spacial score (nSPS) is 16.8. The summed E-state index contributed by atoms with van der Waals surface area (Å²) in [5, 5.41) is 2.91. The molecule has 2 heterocycles. The highest BCUT2D eigenvalue weighted by molar-refractivity contribution is 6.00. The number of carbonyl (C=O) groups excluding carboxylic acids is 2. The van der Waals surface area contributed by atoms with E-state index in [9.17, 15) is 9.59 Å². The largest absolute Gasteiger partial charge is 0.497 e. The quantitative estimate of drug-likeness (QED) is 0.871. The molecule has 1 atom stereocenters. The summed E-state index contributed by atoms with van der Waals surface area (Å²) in [6.07, 6.45) is 2.65. The number of benzene rings is 1. The fourth-order valence-corrected chi connectivity index (χ4v) is 2.90. The number of nitrogens with zero attached hydrogens (tertiary/aromatic N) is 2. The summed E-state index contributed by atoms with van der Waals surface area (Å²) in [5.74, 6) is 0.299. The number of hydrogen-bond acceptors (Lipinski definition) is 4. The number of hydrogen-bond donors (Lipinski definition) is 1. The lowest BCUT2D eigenvalue weighted by atomic mass is 10.1. The van der Waals surface area contributed by atoms with Crippen molar-refractivity contribution in [3.05, 3.63) is 54.4 Å². The van der Waals surface area contributed by atoms with Crippen molar-refractivity contribution in [1.82, 2.24) is 10.3 Å². The summed E-state index contributed by atoms with van der Waals surface area (Å²) in [7, 11) is 1.60. The highest BCUT2D eigenvalue weighted by Gasteiger charge is 2.34. The first-order valence-electron chi connectivity index (χ1n) is 8.29. The highest BCUT2D eigenvalue weighted by atomic mass is 16.5. The third kappa shape index (κ3) is 4.15. The van der Waals surface area contributed by atoms with Gasteiger partial charge in [-0.2, -0.15) is 0 Å². The summed E-state index contributed by atoms with van der Waals surface area (Å²) >= 11 is 0. The molecule has 1 saturated heterocycles. The van der Waals surface area contributed by atoms with Crippen molar-refractivity contribution in [2.24, 2.45) is 5.92 Å². The molecule has 0 radical (unpaired) electrons. The maximum Gasteiger partial charge on any atom is 0.227 e. The van der Waals surface area contributed by atoms with Crippen LogP contribution in [0.15, 0.2) is 48.7 Å². The molecule has 2 amide bonds. The van der Waals surface area contributed by atoms with Crippen molar-refractivity contribution in [3.63, 3.8) is 0 Å². The molecule has 1 aromatic heterocycles. The Morgan fingerprint density at radius 1 is 1.28 bits per heavy atom. The monoisotopic (exact) mass is 339 g/mol. The number of rotatable bonds is 6. The molecule has 6 heteroatoms. The van der Waals surface area contributed by atoms with E-state index < -0.39 is 0 Å².